The number of hydrogen-bond acceptors (Lipinski definition) is 2. The Kier molecular flexibility index (Phi) is 2.50. The van der Waals surface area contributed by atoms with Gasteiger partial charge in [0.05, 0.1) is 5.92 Å². The molecule has 0 radical (unpaired) electrons. The quantitative estimate of drug-likeness (QED) is 0.733. The number of hydrogen-bond donors (Lipinski definition) is 2. The van der Waals surface area contributed by atoms with Gasteiger partial charge in [-0.2, -0.15) is 0 Å². The first kappa shape index (κ1) is 9.59. The zero-order valence-electron chi connectivity index (χ0n) is 7.68. The van der Waals surface area contributed by atoms with Crippen LogP contribution in [-0.2, 0) is 4.79 Å². The van der Waals surface area contributed by atoms with Crippen LogP contribution in [0.5, 0.6) is 0 Å². The summed E-state index contributed by atoms with van der Waals surface area (Å²) in [4.78, 5) is 11.6. The number of carboxylic acids is 1. The second-order valence-corrected chi connectivity index (χ2v) is 4.31. The van der Waals surface area contributed by atoms with E-state index in [2.05, 4.69) is 12.6 Å². The standard InChI is InChI=1S/C11H12O2S/c12-11(13)9-4-8(5-9)7-2-1-3-10(14)6-7/h1-3,6,8-9,14H,4-5H2,(H,12,13). The third-order valence-electron chi connectivity index (χ3n) is 2.83. The maximum atomic E-state index is 10.6. The summed E-state index contributed by atoms with van der Waals surface area (Å²) in [5, 5.41) is 8.74. The fourth-order valence-electron chi connectivity index (χ4n) is 1.87. The van der Waals surface area contributed by atoms with E-state index < -0.39 is 5.97 Å². The van der Waals surface area contributed by atoms with E-state index in [0.29, 0.717) is 5.92 Å². The summed E-state index contributed by atoms with van der Waals surface area (Å²) >= 11 is 4.26. The van der Waals surface area contributed by atoms with Crippen molar-refractivity contribution in [2.45, 2.75) is 23.7 Å². The highest BCUT2D eigenvalue weighted by molar-refractivity contribution is 7.80. The second-order valence-electron chi connectivity index (χ2n) is 3.80. The van der Waals surface area contributed by atoms with E-state index in [9.17, 15) is 4.79 Å². The Morgan fingerprint density at radius 3 is 2.71 bits per heavy atom. The molecule has 1 aromatic rings. The number of carbonyl (C=O) groups is 1. The SMILES string of the molecule is O=C(O)C1CC(c2cccc(S)c2)C1. The third-order valence-corrected chi connectivity index (χ3v) is 3.11. The molecule has 3 heteroatoms. The summed E-state index contributed by atoms with van der Waals surface area (Å²) in [6.45, 7) is 0. The average molecular weight is 208 g/mol. The molecule has 14 heavy (non-hydrogen) atoms. The predicted octanol–water partition coefficient (Wildman–Crippen LogP) is 2.55. The molecule has 0 aromatic heterocycles. The number of rotatable bonds is 2. The van der Waals surface area contributed by atoms with Gasteiger partial charge in [0.15, 0.2) is 0 Å². The van der Waals surface area contributed by atoms with Gasteiger partial charge in [-0.05, 0) is 36.5 Å². The van der Waals surface area contributed by atoms with Crippen LogP contribution >= 0.6 is 12.6 Å². The van der Waals surface area contributed by atoms with E-state index in [-0.39, 0.29) is 5.92 Å². The van der Waals surface area contributed by atoms with Gasteiger partial charge in [0, 0.05) is 4.90 Å². The smallest absolute Gasteiger partial charge is 0.306 e. The van der Waals surface area contributed by atoms with Crippen molar-refractivity contribution >= 4 is 18.6 Å². The highest BCUT2D eigenvalue weighted by atomic mass is 32.1. The molecule has 2 rings (SSSR count). The monoisotopic (exact) mass is 208 g/mol. The Morgan fingerprint density at radius 1 is 1.43 bits per heavy atom. The van der Waals surface area contributed by atoms with Gasteiger partial charge in [0.25, 0.3) is 0 Å². The van der Waals surface area contributed by atoms with Crippen LogP contribution in [0, 0.1) is 5.92 Å². The lowest BCUT2D eigenvalue weighted by Crippen LogP contribution is -2.28. The second kappa shape index (κ2) is 3.65. The molecule has 1 saturated carbocycles. The minimum atomic E-state index is -0.664. The molecular weight excluding hydrogens is 196 g/mol. The lowest BCUT2D eigenvalue weighted by atomic mass is 9.71. The van der Waals surface area contributed by atoms with E-state index in [1.54, 1.807) is 0 Å². The van der Waals surface area contributed by atoms with Crippen LogP contribution in [0.1, 0.15) is 24.3 Å². The van der Waals surface area contributed by atoms with Gasteiger partial charge in [-0.1, -0.05) is 12.1 Å². The van der Waals surface area contributed by atoms with Crippen LogP contribution in [0.25, 0.3) is 0 Å². The molecule has 1 fully saturated rings. The molecule has 0 amide bonds. The molecule has 0 aliphatic heterocycles. The van der Waals surface area contributed by atoms with E-state index in [1.165, 1.54) is 5.56 Å². The number of thiol groups is 1. The first-order valence-corrected chi connectivity index (χ1v) is 5.13. The molecule has 74 valence electrons. The van der Waals surface area contributed by atoms with Gasteiger partial charge in [-0.15, -0.1) is 12.6 Å². The molecule has 2 nitrogen and oxygen atoms in total. The summed E-state index contributed by atoms with van der Waals surface area (Å²) in [5.41, 5.74) is 1.22. The minimum Gasteiger partial charge on any atom is -0.481 e. The summed E-state index contributed by atoms with van der Waals surface area (Å²) < 4.78 is 0. The Hall–Kier alpha value is -0.960. The summed E-state index contributed by atoms with van der Waals surface area (Å²) in [7, 11) is 0. The summed E-state index contributed by atoms with van der Waals surface area (Å²) in [5.74, 6) is -0.380. The maximum absolute atomic E-state index is 10.6. The van der Waals surface area contributed by atoms with Gasteiger partial charge in [-0.25, -0.2) is 0 Å². The molecule has 1 aromatic carbocycles. The topological polar surface area (TPSA) is 37.3 Å². The predicted molar refractivity (Wildman–Crippen MR) is 56.8 cm³/mol. The van der Waals surface area contributed by atoms with Crippen molar-refractivity contribution in [3.63, 3.8) is 0 Å². The van der Waals surface area contributed by atoms with E-state index >= 15 is 0 Å². The van der Waals surface area contributed by atoms with Crippen LogP contribution in [0.4, 0.5) is 0 Å². The van der Waals surface area contributed by atoms with Crippen LogP contribution in [0.2, 0.25) is 0 Å². The van der Waals surface area contributed by atoms with E-state index in [1.807, 2.05) is 24.3 Å². The minimum absolute atomic E-state index is 0.136. The van der Waals surface area contributed by atoms with Crippen molar-refractivity contribution in [3.05, 3.63) is 29.8 Å². The van der Waals surface area contributed by atoms with Crippen molar-refractivity contribution in [3.8, 4) is 0 Å². The highest BCUT2D eigenvalue weighted by Crippen LogP contribution is 2.41. The van der Waals surface area contributed by atoms with E-state index in [0.717, 1.165) is 17.7 Å². The third kappa shape index (κ3) is 1.77. The largest absolute Gasteiger partial charge is 0.481 e. The molecule has 0 atom stereocenters. The Bertz CT molecular complexity index is 356. The molecule has 0 unspecified atom stereocenters. The number of aliphatic carboxylic acids is 1. The van der Waals surface area contributed by atoms with Crippen molar-refractivity contribution in [2.75, 3.05) is 0 Å². The molecule has 0 saturated heterocycles. The zero-order valence-corrected chi connectivity index (χ0v) is 8.58. The molecule has 0 spiro atoms. The van der Waals surface area contributed by atoms with E-state index in [4.69, 9.17) is 5.11 Å². The molecule has 1 aliphatic carbocycles. The van der Waals surface area contributed by atoms with Gasteiger partial charge >= 0.3 is 5.97 Å². The molecule has 0 bridgehead atoms. The van der Waals surface area contributed by atoms with Gasteiger partial charge < -0.3 is 5.11 Å². The van der Waals surface area contributed by atoms with Crippen LogP contribution in [0.3, 0.4) is 0 Å². The number of carboxylic acid groups (broad SMARTS) is 1. The molecule has 1 aliphatic rings. The maximum Gasteiger partial charge on any atom is 0.306 e. The van der Waals surface area contributed by atoms with Crippen molar-refractivity contribution in [1.82, 2.24) is 0 Å². The first-order valence-electron chi connectivity index (χ1n) is 4.68. The Labute approximate surface area is 88.4 Å². The molecule has 0 heterocycles. The summed E-state index contributed by atoms with van der Waals surface area (Å²) in [6, 6.07) is 7.96. The fourth-order valence-corrected chi connectivity index (χ4v) is 2.11. The fraction of sp³-hybridized carbons (Fsp3) is 0.364. The number of benzene rings is 1. The first-order chi connectivity index (χ1) is 6.66. The van der Waals surface area contributed by atoms with Crippen molar-refractivity contribution in [2.24, 2.45) is 5.92 Å². The lowest BCUT2D eigenvalue weighted by Gasteiger charge is -2.32. The lowest BCUT2D eigenvalue weighted by molar-refractivity contribution is -0.145. The van der Waals surface area contributed by atoms with Crippen molar-refractivity contribution < 1.29 is 9.90 Å². The Balaban J connectivity index is 2.03. The van der Waals surface area contributed by atoms with Gasteiger partial charge in [0.2, 0.25) is 0 Å². The van der Waals surface area contributed by atoms with Crippen LogP contribution in [-0.4, -0.2) is 11.1 Å². The van der Waals surface area contributed by atoms with Crippen molar-refractivity contribution in [1.29, 1.82) is 0 Å². The highest BCUT2D eigenvalue weighted by Gasteiger charge is 2.35. The van der Waals surface area contributed by atoms with Gasteiger partial charge in [0.1, 0.15) is 0 Å². The Morgan fingerprint density at radius 2 is 2.14 bits per heavy atom. The average Bonchev–Trinajstić information content (AvgIpc) is 2.00. The zero-order chi connectivity index (χ0) is 10.1. The van der Waals surface area contributed by atoms with Crippen LogP contribution in [0.15, 0.2) is 29.2 Å². The normalized spacial score (nSPS) is 25.5. The van der Waals surface area contributed by atoms with Gasteiger partial charge in [-0.3, -0.25) is 4.79 Å². The molecule has 1 N–H and O–H groups in total. The van der Waals surface area contributed by atoms with Crippen LogP contribution < -0.4 is 0 Å². The molecular formula is C11H12O2S. The summed E-state index contributed by atoms with van der Waals surface area (Å²) in [6.07, 6.45) is 1.54.